The number of hydrogen-bond donors (Lipinski definition) is 3. The zero-order chi connectivity index (χ0) is 15.0. The van der Waals surface area contributed by atoms with Gasteiger partial charge in [0.2, 0.25) is 0 Å². The van der Waals surface area contributed by atoms with Gasteiger partial charge in [-0.1, -0.05) is 11.6 Å². The summed E-state index contributed by atoms with van der Waals surface area (Å²) >= 11 is 2.44. The Morgan fingerprint density at radius 2 is 1.68 bits per heavy atom. The molecule has 0 saturated heterocycles. The molecule has 1 unspecified atom stereocenters. The van der Waals surface area contributed by atoms with Crippen LogP contribution in [0.1, 0.15) is 0 Å². The maximum absolute atomic E-state index is 11.0. The summed E-state index contributed by atoms with van der Waals surface area (Å²) in [7, 11) is -9.66. The van der Waals surface area contributed by atoms with Gasteiger partial charge in [0.05, 0.1) is 15.6 Å². The first kappa shape index (κ1) is 16.3. The third-order valence-electron chi connectivity index (χ3n) is 1.77. The van der Waals surface area contributed by atoms with Gasteiger partial charge in [-0.3, -0.25) is 13.3 Å². The Labute approximate surface area is 115 Å². The molecule has 19 heavy (non-hydrogen) atoms. The van der Waals surface area contributed by atoms with Crippen LogP contribution in [0.5, 0.6) is 0 Å². The SMILES string of the molecule is O=S([O-])Nc1cc(S(=O)(=O)O)cc(Cl)c1S(=O)(=O)O. The maximum Gasteiger partial charge on any atom is 0.298 e. The van der Waals surface area contributed by atoms with Crippen molar-refractivity contribution in [2.75, 3.05) is 4.72 Å². The van der Waals surface area contributed by atoms with Crippen LogP contribution in [0.25, 0.3) is 0 Å². The van der Waals surface area contributed by atoms with Crippen LogP contribution in [0.4, 0.5) is 5.69 Å². The molecule has 9 nitrogen and oxygen atoms in total. The van der Waals surface area contributed by atoms with Crippen LogP contribution in [0, 0.1) is 0 Å². The van der Waals surface area contributed by atoms with E-state index in [1.807, 2.05) is 0 Å². The van der Waals surface area contributed by atoms with Crippen LogP contribution in [0.2, 0.25) is 5.02 Å². The highest BCUT2D eigenvalue weighted by Crippen LogP contribution is 2.32. The number of anilines is 1. The lowest BCUT2D eigenvalue weighted by molar-refractivity contribution is 0.479. The Morgan fingerprint density at radius 3 is 2.05 bits per heavy atom. The number of rotatable bonds is 4. The third-order valence-corrected chi connectivity index (χ3v) is 4.35. The largest absolute Gasteiger partial charge is 0.755 e. The van der Waals surface area contributed by atoms with Crippen LogP contribution >= 0.6 is 11.6 Å². The summed E-state index contributed by atoms with van der Waals surface area (Å²) in [6, 6.07) is 1.03. The summed E-state index contributed by atoms with van der Waals surface area (Å²) in [5.74, 6) is 0. The van der Waals surface area contributed by atoms with Gasteiger partial charge in [0.15, 0.2) is 0 Å². The second-order valence-electron chi connectivity index (χ2n) is 3.07. The Bertz CT molecular complexity index is 740. The van der Waals surface area contributed by atoms with Gasteiger partial charge in [-0.15, -0.1) is 0 Å². The molecule has 3 N–H and O–H groups in total. The van der Waals surface area contributed by atoms with Crippen LogP contribution in [-0.4, -0.2) is 34.7 Å². The third kappa shape index (κ3) is 4.10. The zero-order valence-electron chi connectivity index (χ0n) is 8.60. The molecular formula is C6H5ClNO8S3-. The van der Waals surface area contributed by atoms with E-state index in [9.17, 15) is 25.6 Å². The molecule has 0 aliphatic heterocycles. The average Bonchev–Trinajstić information content (AvgIpc) is 2.11. The van der Waals surface area contributed by atoms with E-state index in [2.05, 4.69) is 0 Å². The van der Waals surface area contributed by atoms with Gasteiger partial charge in [0.1, 0.15) is 4.90 Å². The second kappa shape index (κ2) is 5.32. The summed E-state index contributed by atoms with van der Waals surface area (Å²) in [5, 5.41) is -0.787. The molecular weight excluding hydrogens is 346 g/mol. The predicted octanol–water partition coefficient (Wildman–Crippen LogP) is 0.0394. The molecule has 0 heterocycles. The van der Waals surface area contributed by atoms with Crippen molar-refractivity contribution in [1.82, 2.24) is 0 Å². The highest BCUT2D eigenvalue weighted by atomic mass is 35.5. The van der Waals surface area contributed by atoms with Crippen LogP contribution in [0.15, 0.2) is 21.9 Å². The van der Waals surface area contributed by atoms with Gasteiger partial charge < -0.3 is 9.27 Å². The van der Waals surface area contributed by atoms with Crippen molar-refractivity contribution in [3.05, 3.63) is 17.2 Å². The first-order chi connectivity index (χ1) is 8.43. The highest BCUT2D eigenvalue weighted by Gasteiger charge is 2.24. The first-order valence-corrected chi connectivity index (χ1v) is 8.40. The van der Waals surface area contributed by atoms with Crippen molar-refractivity contribution < 1.29 is 34.7 Å². The molecule has 0 fully saturated rings. The lowest BCUT2D eigenvalue weighted by Crippen LogP contribution is -2.11. The molecule has 0 radical (unpaired) electrons. The molecule has 13 heteroatoms. The van der Waals surface area contributed by atoms with Crippen molar-refractivity contribution in [3.8, 4) is 0 Å². The standard InChI is InChI=1S/C6H6ClNO8S3/c7-4-1-3(18(11,12)13)2-5(8-17(9)10)6(4)19(14,15)16/h1-2,8H,(H,9,10)(H,11,12,13)(H,14,15,16)/p-1. The fourth-order valence-corrected chi connectivity index (χ4v) is 3.35. The van der Waals surface area contributed by atoms with Crippen molar-refractivity contribution >= 4 is 48.8 Å². The molecule has 0 aliphatic rings. The number of benzene rings is 1. The molecule has 1 aromatic carbocycles. The molecule has 0 aromatic heterocycles. The first-order valence-electron chi connectivity index (χ1n) is 4.07. The van der Waals surface area contributed by atoms with Gasteiger partial charge in [0, 0.05) is 11.3 Å². The molecule has 1 rings (SSSR count). The van der Waals surface area contributed by atoms with Gasteiger partial charge >= 0.3 is 0 Å². The van der Waals surface area contributed by atoms with E-state index in [4.69, 9.17) is 20.7 Å². The minimum Gasteiger partial charge on any atom is -0.755 e. The minimum absolute atomic E-state index is 0.486. The predicted molar refractivity (Wildman–Crippen MR) is 63.6 cm³/mol. The number of halogens is 1. The number of hydrogen-bond acceptors (Lipinski definition) is 6. The Morgan fingerprint density at radius 1 is 1.16 bits per heavy atom. The van der Waals surface area contributed by atoms with Crippen molar-refractivity contribution in [3.63, 3.8) is 0 Å². The molecule has 0 spiro atoms. The Kier molecular flexibility index (Phi) is 4.56. The second-order valence-corrected chi connectivity index (χ2v) is 6.93. The van der Waals surface area contributed by atoms with Crippen LogP contribution < -0.4 is 4.72 Å². The van der Waals surface area contributed by atoms with Gasteiger partial charge in [-0.05, 0) is 12.1 Å². The van der Waals surface area contributed by atoms with E-state index >= 15 is 0 Å². The van der Waals surface area contributed by atoms with E-state index in [1.54, 1.807) is 4.72 Å². The summed E-state index contributed by atoms with van der Waals surface area (Å²) in [5.41, 5.74) is -0.823. The lowest BCUT2D eigenvalue weighted by atomic mass is 10.3. The quantitative estimate of drug-likeness (QED) is 0.506. The summed E-state index contributed by atoms with van der Waals surface area (Å²) in [4.78, 5) is -1.89. The fraction of sp³-hybridized carbons (Fsp3) is 0. The smallest absolute Gasteiger partial charge is 0.298 e. The van der Waals surface area contributed by atoms with Gasteiger partial charge in [0.25, 0.3) is 20.2 Å². The van der Waals surface area contributed by atoms with Crippen molar-refractivity contribution in [2.24, 2.45) is 0 Å². The zero-order valence-corrected chi connectivity index (χ0v) is 11.8. The Hall–Kier alpha value is -0.760. The van der Waals surface area contributed by atoms with E-state index in [-0.39, 0.29) is 0 Å². The minimum atomic E-state index is -4.92. The van der Waals surface area contributed by atoms with E-state index in [0.717, 1.165) is 0 Å². The molecule has 108 valence electrons. The molecule has 0 aliphatic carbocycles. The molecule has 1 aromatic rings. The highest BCUT2D eigenvalue weighted by molar-refractivity contribution is 7.86. The monoisotopic (exact) mass is 350 g/mol. The summed E-state index contributed by atoms with van der Waals surface area (Å²) in [6.45, 7) is 0. The van der Waals surface area contributed by atoms with E-state index < -0.39 is 52.0 Å². The van der Waals surface area contributed by atoms with Gasteiger partial charge in [-0.2, -0.15) is 16.8 Å². The molecule has 1 atom stereocenters. The number of nitrogens with one attached hydrogen (secondary N) is 1. The van der Waals surface area contributed by atoms with E-state index in [0.29, 0.717) is 12.1 Å². The molecule has 0 saturated carbocycles. The van der Waals surface area contributed by atoms with Crippen molar-refractivity contribution in [2.45, 2.75) is 9.79 Å². The molecule has 0 amide bonds. The lowest BCUT2D eigenvalue weighted by Gasteiger charge is -2.14. The van der Waals surface area contributed by atoms with Crippen molar-refractivity contribution in [1.29, 1.82) is 0 Å². The van der Waals surface area contributed by atoms with E-state index in [1.165, 1.54) is 0 Å². The topological polar surface area (TPSA) is 161 Å². The summed E-state index contributed by atoms with van der Waals surface area (Å²) in [6.07, 6.45) is 0. The van der Waals surface area contributed by atoms with Crippen LogP contribution in [-0.2, 0) is 31.5 Å². The fourth-order valence-electron chi connectivity index (χ4n) is 1.15. The Balaban J connectivity index is 3.71. The van der Waals surface area contributed by atoms with Crippen LogP contribution in [0.3, 0.4) is 0 Å². The molecule has 0 bridgehead atoms. The van der Waals surface area contributed by atoms with Gasteiger partial charge in [-0.25, -0.2) is 0 Å². The maximum atomic E-state index is 11.0. The normalized spacial score (nSPS) is 14.1. The average molecular weight is 351 g/mol. The summed E-state index contributed by atoms with van der Waals surface area (Å²) < 4.78 is 84.0.